The summed E-state index contributed by atoms with van der Waals surface area (Å²) >= 11 is 0. The van der Waals surface area contributed by atoms with Crippen molar-refractivity contribution in [1.29, 1.82) is 0 Å². The number of rotatable bonds is 3. The number of nitrogens with one attached hydrogen (secondary N) is 1. The summed E-state index contributed by atoms with van der Waals surface area (Å²) in [6.07, 6.45) is -0.361. The first-order chi connectivity index (χ1) is 6.09. The normalized spacial score (nSPS) is 12.5. The second-order valence-electron chi connectivity index (χ2n) is 3.32. The van der Waals surface area contributed by atoms with Crippen LogP contribution in [0.4, 0.5) is 11.4 Å². The lowest BCUT2D eigenvalue weighted by atomic mass is 10.2. The molecule has 0 saturated heterocycles. The van der Waals surface area contributed by atoms with E-state index in [9.17, 15) is 0 Å². The van der Waals surface area contributed by atoms with Gasteiger partial charge in [-0.25, -0.2) is 0 Å². The van der Waals surface area contributed by atoms with Crippen molar-refractivity contribution in [2.75, 3.05) is 17.6 Å². The zero-order valence-corrected chi connectivity index (χ0v) is 8.04. The Labute approximate surface area is 78.6 Å². The molecule has 0 aliphatic carbocycles. The van der Waals surface area contributed by atoms with E-state index in [0.717, 1.165) is 11.3 Å². The number of benzene rings is 1. The summed E-state index contributed by atoms with van der Waals surface area (Å²) in [6, 6.07) is 5.79. The molecule has 0 spiro atoms. The summed E-state index contributed by atoms with van der Waals surface area (Å²) in [5.74, 6) is 0. The van der Waals surface area contributed by atoms with Gasteiger partial charge in [-0.15, -0.1) is 0 Å². The molecule has 1 aromatic rings. The lowest BCUT2D eigenvalue weighted by Gasteiger charge is -2.11. The Morgan fingerprint density at radius 1 is 1.54 bits per heavy atom. The maximum atomic E-state index is 9.07. The maximum Gasteiger partial charge on any atom is 0.0684 e. The molecule has 0 aromatic heterocycles. The van der Waals surface area contributed by atoms with E-state index in [0.29, 0.717) is 12.2 Å². The topological polar surface area (TPSA) is 58.3 Å². The van der Waals surface area contributed by atoms with E-state index in [1.807, 2.05) is 25.1 Å². The summed E-state index contributed by atoms with van der Waals surface area (Å²) in [6.45, 7) is 4.26. The van der Waals surface area contributed by atoms with Gasteiger partial charge in [0.05, 0.1) is 17.5 Å². The second-order valence-corrected chi connectivity index (χ2v) is 3.32. The highest BCUT2D eigenvalue weighted by Gasteiger charge is 2.00. The third kappa shape index (κ3) is 2.95. The summed E-state index contributed by atoms with van der Waals surface area (Å²) < 4.78 is 0. The first-order valence-electron chi connectivity index (χ1n) is 4.37. The number of hydrogen-bond donors (Lipinski definition) is 3. The Kier molecular flexibility index (Phi) is 3.14. The minimum absolute atomic E-state index is 0.361. The van der Waals surface area contributed by atoms with Gasteiger partial charge in [0.1, 0.15) is 0 Å². The van der Waals surface area contributed by atoms with E-state index in [4.69, 9.17) is 10.8 Å². The first-order valence-corrected chi connectivity index (χ1v) is 4.37. The molecule has 3 nitrogen and oxygen atoms in total. The highest BCUT2D eigenvalue weighted by molar-refractivity contribution is 5.66. The summed E-state index contributed by atoms with van der Waals surface area (Å²) in [7, 11) is 0. The van der Waals surface area contributed by atoms with Gasteiger partial charge in [-0.3, -0.25) is 0 Å². The van der Waals surface area contributed by atoms with Crippen LogP contribution < -0.4 is 11.1 Å². The zero-order chi connectivity index (χ0) is 9.84. The number of anilines is 2. The van der Waals surface area contributed by atoms with Gasteiger partial charge < -0.3 is 16.2 Å². The van der Waals surface area contributed by atoms with Crippen molar-refractivity contribution in [3.05, 3.63) is 23.8 Å². The summed E-state index contributed by atoms with van der Waals surface area (Å²) in [5, 5.41) is 12.1. The number of aliphatic hydroxyl groups excluding tert-OH is 1. The van der Waals surface area contributed by atoms with Gasteiger partial charge in [-0.1, -0.05) is 6.07 Å². The fourth-order valence-electron chi connectivity index (χ4n) is 1.08. The number of hydrogen-bond acceptors (Lipinski definition) is 3. The molecule has 3 heteroatoms. The van der Waals surface area contributed by atoms with Gasteiger partial charge >= 0.3 is 0 Å². The van der Waals surface area contributed by atoms with Crippen LogP contribution in [0.5, 0.6) is 0 Å². The van der Waals surface area contributed by atoms with Crippen molar-refractivity contribution in [2.24, 2.45) is 0 Å². The standard InChI is InChI=1S/C10H16N2O/c1-7-3-4-9(11)10(5-7)12-6-8(2)13/h3-5,8,12-13H,6,11H2,1-2H3/t8-/m0/s1. The monoisotopic (exact) mass is 180 g/mol. The average molecular weight is 180 g/mol. The van der Waals surface area contributed by atoms with Gasteiger partial charge in [0.15, 0.2) is 0 Å². The van der Waals surface area contributed by atoms with E-state index < -0.39 is 0 Å². The largest absolute Gasteiger partial charge is 0.397 e. The second kappa shape index (κ2) is 4.14. The third-order valence-electron chi connectivity index (χ3n) is 1.80. The highest BCUT2D eigenvalue weighted by Crippen LogP contribution is 2.19. The quantitative estimate of drug-likeness (QED) is 0.616. The summed E-state index contributed by atoms with van der Waals surface area (Å²) in [4.78, 5) is 0. The van der Waals surface area contributed by atoms with E-state index in [1.54, 1.807) is 6.92 Å². The van der Waals surface area contributed by atoms with Crippen LogP contribution in [-0.2, 0) is 0 Å². The van der Waals surface area contributed by atoms with Crippen molar-refractivity contribution in [2.45, 2.75) is 20.0 Å². The van der Waals surface area contributed by atoms with Gasteiger partial charge in [0, 0.05) is 6.54 Å². The number of aryl methyl sites for hydroxylation is 1. The Hall–Kier alpha value is -1.22. The molecule has 0 fully saturated rings. The molecule has 1 rings (SSSR count). The van der Waals surface area contributed by atoms with Crippen LogP contribution in [0, 0.1) is 6.92 Å². The molecule has 0 aliphatic heterocycles. The van der Waals surface area contributed by atoms with Crippen LogP contribution >= 0.6 is 0 Å². The fraction of sp³-hybridized carbons (Fsp3) is 0.400. The predicted octanol–water partition coefficient (Wildman–Crippen LogP) is 1.37. The van der Waals surface area contributed by atoms with E-state index >= 15 is 0 Å². The molecule has 0 heterocycles. The van der Waals surface area contributed by atoms with Crippen LogP contribution in [0.1, 0.15) is 12.5 Å². The molecule has 0 amide bonds. The molecule has 0 aliphatic rings. The van der Waals surface area contributed by atoms with Crippen LogP contribution in [0.2, 0.25) is 0 Å². The zero-order valence-electron chi connectivity index (χ0n) is 8.04. The SMILES string of the molecule is Cc1ccc(N)c(NC[C@H](C)O)c1. The molecule has 1 atom stereocenters. The average Bonchev–Trinajstić information content (AvgIpc) is 2.06. The molecule has 13 heavy (non-hydrogen) atoms. The third-order valence-corrected chi connectivity index (χ3v) is 1.80. The molecule has 1 aromatic carbocycles. The molecule has 0 bridgehead atoms. The van der Waals surface area contributed by atoms with Gasteiger partial charge in [0.25, 0.3) is 0 Å². The molecule has 0 radical (unpaired) electrons. The molecule has 72 valence electrons. The summed E-state index contributed by atoms with van der Waals surface area (Å²) in [5.41, 5.74) is 8.49. The Balaban J connectivity index is 2.70. The molecular formula is C10H16N2O. The van der Waals surface area contributed by atoms with E-state index in [-0.39, 0.29) is 6.10 Å². The first kappa shape index (κ1) is 9.86. The highest BCUT2D eigenvalue weighted by atomic mass is 16.3. The van der Waals surface area contributed by atoms with Crippen molar-refractivity contribution in [1.82, 2.24) is 0 Å². The van der Waals surface area contributed by atoms with Gasteiger partial charge in [0.2, 0.25) is 0 Å². The van der Waals surface area contributed by atoms with Crippen molar-refractivity contribution in [3.8, 4) is 0 Å². The van der Waals surface area contributed by atoms with Crippen molar-refractivity contribution >= 4 is 11.4 Å². The molecule has 0 saturated carbocycles. The smallest absolute Gasteiger partial charge is 0.0684 e. The molecular weight excluding hydrogens is 164 g/mol. The van der Waals surface area contributed by atoms with E-state index in [2.05, 4.69) is 5.32 Å². The predicted molar refractivity (Wildman–Crippen MR) is 55.8 cm³/mol. The molecule has 0 unspecified atom stereocenters. The number of nitrogens with two attached hydrogens (primary N) is 1. The van der Waals surface area contributed by atoms with Gasteiger partial charge in [-0.2, -0.15) is 0 Å². The number of nitrogen functional groups attached to an aromatic ring is 1. The Bertz CT molecular complexity index is 284. The van der Waals surface area contributed by atoms with Crippen LogP contribution in [-0.4, -0.2) is 17.8 Å². The Morgan fingerprint density at radius 2 is 2.23 bits per heavy atom. The lowest BCUT2D eigenvalue weighted by molar-refractivity contribution is 0.208. The Morgan fingerprint density at radius 3 is 2.85 bits per heavy atom. The minimum Gasteiger partial charge on any atom is -0.397 e. The van der Waals surface area contributed by atoms with Crippen molar-refractivity contribution < 1.29 is 5.11 Å². The van der Waals surface area contributed by atoms with Gasteiger partial charge in [-0.05, 0) is 31.5 Å². The van der Waals surface area contributed by atoms with Crippen molar-refractivity contribution in [3.63, 3.8) is 0 Å². The molecule has 4 N–H and O–H groups in total. The minimum atomic E-state index is -0.361. The van der Waals surface area contributed by atoms with Crippen LogP contribution in [0.3, 0.4) is 0 Å². The fourth-order valence-corrected chi connectivity index (χ4v) is 1.08. The van der Waals surface area contributed by atoms with Crippen LogP contribution in [0.15, 0.2) is 18.2 Å². The van der Waals surface area contributed by atoms with E-state index in [1.165, 1.54) is 0 Å². The maximum absolute atomic E-state index is 9.07. The van der Waals surface area contributed by atoms with Crippen LogP contribution in [0.25, 0.3) is 0 Å². The number of aliphatic hydroxyl groups is 1. The lowest BCUT2D eigenvalue weighted by Crippen LogP contribution is -2.16.